The lowest BCUT2D eigenvalue weighted by atomic mass is 9.72. The SMILES string of the molecule is C=CCn1c2c(c3ccccc31)CC1CN(c3ccc(OC)cc3)C(=O)C1C2C(=O)O. The summed E-state index contributed by atoms with van der Waals surface area (Å²) < 4.78 is 7.24. The van der Waals surface area contributed by atoms with Gasteiger partial charge in [-0.1, -0.05) is 24.3 Å². The fourth-order valence-corrected chi connectivity index (χ4v) is 5.41. The number of allylic oxidation sites excluding steroid dienone is 1. The zero-order valence-electron chi connectivity index (χ0n) is 17.3. The number of carbonyl (C=O) groups is 2. The maximum Gasteiger partial charge on any atom is 0.313 e. The third kappa shape index (κ3) is 2.86. The Bertz CT molecular complexity index is 1190. The smallest absolute Gasteiger partial charge is 0.313 e. The van der Waals surface area contributed by atoms with Crippen LogP contribution < -0.4 is 9.64 Å². The molecular weight excluding hydrogens is 392 g/mol. The summed E-state index contributed by atoms with van der Waals surface area (Å²) in [6, 6.07) is 15.3. The van der Waals surface area contributed by atoms with Crippen molar-refractivity contribution in [2.45, 2.75) is 18.9 Å². The van der Waals surface area contributed by atoms with Gasteiger partial charge in [0.2, 0.25) is 5.91 Å². The second-order valence-electron chi connectivity index (χ2n) is 8.23. The van der Waals surface area contributed by atoms with E-state index in [0.717, 1.165) is 27.8 Å². The Morgan fingerprint density at radius 2 is 1.97 bits per heavy atom. The lowest BCUT2D eigenvalue weighted by Gasteiger charge is -2.30. The number of ether oxygens (including phenoxy) is 1. The highest BCUT2D eigenvalue weighted by atomic mass is 16.5. The number of carboxylic acid groups (broad SMARTS) is 1. The summed E-state index contributed by atoms with van der Waals surface area (Å²) in [5.41, 5.74) is 3.57. The van der Waals surface area contributed by atoms with Gasteiger partial charge in [-0.2, -0.15) is 0 Å². The molecule has 2 heterocycles. The lowest BCUT2D eigenvalue weighted by Crippen LogP contribution is -2.37. The van der Waals surface area contributed by atoms with Crippen molar-refractivity contribution in [2.75, 3.05) is 18.6 Å². The number of nitrogens with zero attached hydrogens (tertiary/aromatic N) is 2. The quantitative estimate of drug-likeness (QED) is 0.642. The van der Waals surface area contributed by atoms with Crippen molar-refractivity contribution in [3.63, 3.8) is 0 Å². The third-order valence-electron chi connectivity index (χ3n) is 6.68. The summed E-state index contributed by atoms with van der Waals surface area (Å²) in [4.78, 5) is 27.8. The van der Waals surface area contributed by atoms with E-state index in [1.54, 1.807) is 18.1 Å². The highest BCUT2D eigenvalue weighted by Gasteiger charge is 2.53. The second kappa shape index (κ2) is 7.30. The molecule has 3 atom stereocenters. The van der Waals surface area contributed by atoms with Crippen LogP contribution in [0.1, 0.15) is 17.2 Å². The summed E-state index contributed by atoms with van der Waals surface area (Å²) >= 11 is 0. The fourth-order valence-electron chi connectivity index (χ4n) is 5.41. The molecule has 0 spiro atoms. The van der Waals surface area contributed by atoms with Gasteiger partial charge in [0.05, 0.1) is 13.0 Å². The average molecular weight is 416 g/mol. The maximum absolute atomic E-state index is 13.5. The number of anilines is 1. The van der Waals surface area contributed by atoms with Crippen molar-refractivity contribution >= 4 is 28.5 Å². The number of fused-ring (bicyclic) bond motifs is 4. The molecule has 1 N–H and O–H groups in total. The first kappa shape index (κ1) is 19.4. The van der Waals surface area contributed by atoms with Gasteiger partial charge in [-0.15, -0.1) is 6.58 Å². The predicted octanol–water partition coefficient (Wildman–Crippen LogP) is 3.84. The summed E-state index contributed by atoms with van der Waals surface area (Å²) in [5, 5.41) is 11.3. The highest BCUT2D eigenvalue weighted by Crippen LogP contribution is 2.48. The number of amides is 1. The zero-order valence-corrected chi connectivity index (χ0v) is 17.3. The van der Waals surface area contributed by atoms with Crippen LogP contribution in [0.3, 0.4) is 0 Å². The maximum atomic E-state index is 13.5. The van der Waals surface area contributed by atoms with Crippen molar-refractivity contribution in [3.05, 3.63) is 72.4 Å². The van der Waals surface area contributed by atoms with Gasteiger partial charge in [0.25, 0.3) is 0 Å². The van der Waals surface area contributed by atoms with E-state index in [1.165, 1.54) is 0 Å². The van der Waals surface area contributed by atoms with Crippen molar-refractivity contribution < 1.29 is 19.4 Å². The molecule has 5 rings (SSSR count). The van der Waals surface area contributed by atoms with Crippen LogP contribution in [0.2, 0.25) is 0 Å². The van der Waals surface area contributed by atoms with Crippen LogP contribution in [-0.2, 0) is 22.6 Å². The van der Waals surface area contributed by atoms with Gasteiger partial charge in [0.15, 0.2) is 0 Å². The average Bonchev–Trinajstić information content (AvgIpc) is 3.28. The molecule has 1 aromatic heterocycles. The van der Waals surface area contributed by atoms with Crippen LogP contribution in [0.15, 0.2) is 61.2 Å². The van der Waals surface area contributed by atoms with Crippen LogP contribution in [0, 0.1) is 11.8 Å². The summed E-state index contributed by atoms with van der Waals surface area (Å²) in [6.45, 7) is 4.88. The normalized spacial score (nSPS) is 22.3. The third-order valence-corrected chi connectivity index (χ3v) is 6.68. The minimum Gasteiger partial charge on any atom is -0.497 e. The second-order valence-corrected chi connectivity index (χ2v) is 8.23. The van der Waals surface area contributed by atoms with E-state index in [9.17, 15) is 14.7 Å². The Balaban J connectivity index is 1.62. The van der Waals surface area contributed by atoms with Crippen LogP contribution in [0.5, 0.6) is 5.75 Å². The van der Waals surface area contributed by atoms with Gasteiger partial charge < -0.3 is 19.3 Å². The Kier molecular flexibility index (Phi) is 4.58. The number of hydrogen-bond donors (Lipinski definition) is 1. The monoisotopic (exact) mass is 416 g/mol. The van der Waals surface area contributed by atoms with Gasteiger partial charge in [-0.3, -0.25) is 9.59 Å². The van der Waals surface area contributed by atoms with E-state index in [0.29, 0.717) is 25.3 Å². The summed E-state index contributed by atoms with van der Waals surface area (Å²) in [5.74, 6) is -1.87. The Labute approximate surface area is 180 Å². The summed E-state index contributed by atoms with van der Waals surface area (Å²) in [7, 11) is 1.60. The topological polar surface area (TPSA) is 71.8 Å². The molecule has 6 heteroatoms. The molecule has 1 aliphatic heterocycles. The molecule has 2 aliphatic rings. The first-order valence-corrected chi connectivity index (χ1v) is 10.4. The summed E-state index contributed by atoms with van der Waals surface area (Å²) in [6.07, 6.45) is 2.46. The molecule has 1 fully saturated rings. The molecule has 1 amide bonds. The molecule has 0 bridgehead atoms. The molecule has 158 valence electrons. The fraction of sp³-hybridized carbons (Fsp3) is 0.280. The van der Waals surface area contributed by atoms with Crippen molar-refractivity contribution in [3.8, 4) is 5.75 Å². The van der Waals surface area contributed by atoms with E-state index in [1.807, 2.05) is 53.1 Å². The molecule has 0 radical (unpaired) electrons. The van der Waals surface area contributed by atoms with E-state index >= 15 is 0 Å². The standard InChI is InChI=1S/C25H24N2O4/c1-3-12-26-20-7-5-4-6-18(20)19-13-15-14-27(16-8-10-17(31-2)11-9-16)24(28)21(15)22(23(19)26)25(29)30/h3-11,15,21-22H,1,12-14H2,2H3,(H,29,30). The first-order chi connectivity index (χ1) is 15.0. The molecule has 0 saturated carbocycles. The van der Waals surface area contributed by atoms with Crippen molar-refractivity contribution in [1.29, 1.82) is 0 Å². The molecule has 3 unspecified atom stereocenters. The van der Waals surface area contributed by atoms with Crippen LogP contribution in [0.25, 0.3) is 10.9 Å². The number of hydrogen-bond acceptors (Lipinski definition) is 3. The molecule has 3 aromatic rings. The number of carboxylic acids is 1. The number of benzene rings is 2. The van der Waals surface area contributed by atoms with Crippen LogP contribution in [0.4, 0.5) is 5.69 Å². The van der Waals surface area contributed by atoms with Crippen LogP contribution >= 0.6 is 0 Å². The number of methoxy groups -OCH3 is 1. The minimum atomic E-state index is -0.950. The first-order valence-electron chi connectivity index (χ1n) is 10.4. The lowest BCUT2D eigenvalue weighted by molar-refractivity contribution is -0.143. The number of aromatic nitrogens is 1. The number of carbonyl (C=O) groups excluding carboxylic acids is 1. The van der Waals surface area contributed by atoms with Gasteiger partial charge in [-0.05, 0) is 48.2 Å². The molecular formula is C25H24N2O4. The largest absolute Gasteiger partial charge is 0.497 e. The highest BCUT2D eigenvalue weighted by molar-refractivity contribution is 6.02. The Morgan fingerprint density at radius 1 is 1.23 bits per heavy atom. The minimum absolute atomic E-state index is 0.0498. The number of rotatable bonds is 5. The van der Waals surface area contributed by atoms with Gasteiger partial charge in [0.1, 0.15) is 11.7 Å². The Morgan fingerprint density at radius 3 is 2.65 bits per heavy atom. The molecule has 2 aromatic carbocycles. The van der Waals surface area contributed by atoms with Crippen molar-refractivity contribution in [2.24, 2.45) is 11.8 Å². The van der Waals surface area contributed by atoms with Gasteiger partial charge in [-0.25, -0.2) is 0 Å². The Hall–Kier alpha value is -3.54. The zero-order chi connectivity index (χ0) is 21.7. The van der Waals surface area contributed by atoms with Gasteiger partial charge >= 0.3 is 5.97 Å². The number of aliphatic carboxylic acids is 1. The molecule has 6 nitrogen and oxygen atoms in total. The predicted molar refractivity (Wildman–Crippen MR) is 119 cm³/mol. The molecule has 31 heavy (non-hydrogen) atoms. The molecule has 1 aliphatic carbocycles. The van der Waals surface area contributed by atoms with Crippen molar-refractivity contribution in [1.82, 2.24) is 4.57 Å². The van der Waals surface area contributed by atoms with E-state index in [-0.39, 0.29) is 11.8 Å². The van der Waals surface area contributed by atoms with E-state index in [4.69, 9.17) is 4.74 Å². The van der Waals surface area contributed by atoms with E-state index < -0.39 is 17.8 Å². The van der Waals surface area contributed by atoms with E-state index in [2.05, 4.69) is 6.58 Å². The molecule has 1 saturated heterocycles. The van der Waals surface area contributed by atoms with Gasteiger partial charge in [0, 0.05) is 35.4 Å². The van der Waals surface area contributed by atoms with Crippen LogP contribution in [-0.4, -0.2) is 35.2 Å². The number of para-hydroxylation sites is 1.